The largest absolute Gasteiger partial charge is 0.497 e. The molecule has 0 spiro atoms. The molecule has 2 fully saturated rings. The zero-order valence-electron chi connectivity index (χ0n) is 20.0. The predicted molar refractivity (Wildman–Crippen MR) is 138 cm³/mol. The average Bonchev–Trinajstić information content (AvgIpc) is 3.61. The third kappa shape index (κ3) is 4.36. The van der Waals surface area contributed by atoms with E-state index < -0.39 is 27.4 Å². The molecule has 0 bridgehead atoms. The number of hydrogen-bond acceptors (Lipinski definition) is 5. The van der Waals surface area contributed by atoms with Gasteiger partial charge >= 0.3 is 0 Å². The Balaban J connectivity index is 1.40. The molecule has 4 aromatic rings. The molecule has 1 amide bonds. The molecule has 1 aromatic heterocycles. The Hall–Kier alpha value is -3.76. The van der Waals surface area contributed by atoms with E-state index >= 15 is 0 Å². The number of hydrogen-bond donors (Lipinski definition) is 1. The maximum atomic E-state index is 13.4. The highest BCUT2D eigenvalue weighted by atomic mass is 32.2. The van der Waals surface area contributed by atoms with Crippen LogP contribution in [0, 0.1) is 5.82 Å². The van der Waals surface area contributed by atoms with E-state index in [-0.39, 0.29) is 18.1 Å². The summed E-state index contributed by atoms with van der Waals surface area (Å²) >= 11 is 0. The molecule has 1 unspecified atom stereocenters. The SMILES string of the molecule is COc1cccc([C@@H]2C(NS(=O)(=O)C3CC3)CC(=O)N2c2ccc3c(cnn3-c3ccc(F)cc3)c2)c1. The summed E-state index contributed by atoms with van der Waals surface area (Å²) in [6.45, 7) is 0. The van der Waals surface area contributed by atoms with Gasteiger partial charge in [0.15, 0.2) is 0 Å². The van der Waals surface area contributed by atoms with Gasteiger partial charge in [-0.15, -0.1) is 0 Å². The first kappa shape index (κ1) is 23.6. The fraction of sp³-hybridized carbons (Fsp3) is 0.259. The molecule has 8 nitrogen and oxygen atoms in total. The van der Waals surface area contributed by atoms with Gasteiger partial charge in [0.2, 0.25) is 15.9 Å². The van der Waals surface area contributed by atoms with Crippen molar-refractivity contribution in [3.63, 3.8) is 0 Å². The lowest BCUT2D eigenvalue weighted by molar-refractivity contribution is -0.117. The number of nitrogens with zero attached hydrogens (tertiary/aromatic N) is 3. The molecule has 10 heteroatoms. The van der Waals surface area contributed by atoms with Crippen LogP contribution in [-0.4, -0.2) is 42.5 Å². The Bertz CT molecular complexity index is 1600. The fourth-order valence-electron chi connectivity index (χ4n) is 4.99. The Kier molecular flexibility index (Phi) is 5.73. The standard InChI is InChI=1S/C27H25FN4O4S/c1-36-22-4-2-3-17(14-22)27-24(30-37(34,35)23-10-11-23)15-26(33)31(27)21-9-12-25-18(13-21)16-29-32(25)20-7-5-19(28)6-8-20/h2-9,12-14,16,23-24,27,30H,10-11,15H2,1H3/t24?,27-/m1/s1. The lowest BCUT2D eigenvalue weighted by atomic mass is 10.00. The molecular formula is C27H25FN4O4S. The first-order valence-electron chi connectivity index (χ1n) is 12.0. The monoisotopic (exact) mass is 520 g/mol. The quantitative estimate of drug-likeness (QED) is 0.396. The van der Waals surface area contributed by atoms with Crippen molar-refractivity contribution < 1.29 is 22.3 Å². The lowest BCUT2D eigenvalue weighted by Crippen LogP contribution is -2.41. The highest BCUT2D eigenvalue weighted by molar-refractivity contribution is 7.90. The number of carbonyl (C=O) groups excluding carboxylic acids is 1. The van der Waals surface area contributed by atoms with Gasteiger partial charge in [-0.25, -0.2) is 22.2 Å². The van der Waals surface area contributed by atoms with Crippen LogP contribution in [-0.2, 0) is 14.8 Å². The van der Waals surface area contributed by atoms with Gasteiger partial charge in [-0.05, 0) is 73.0 Å². The molecule has 2 heterocycles. The van der Waals surface area contributed by atoms with E-state index in [0.717, 1.165) is 16.5 Å². The summed E-state index contributed by atoms with van der Waals surface area (Å²) in [5.74, 6) is 0.115. The number of fused-ring (bicyclic) bond motifs is 1. The van der Waals surface area contributed by atoms with Crippen LogP contribution in [0.25, 0.3) is 16.6 Å². The molecule has 190 valence electrons. The van der Waals surface area contributed by atoms with Gasteiger partial charge in [0, 0.05) is 17.5 Å². The van der Waals surface area contributed by atoms with Crippen LogP contribution in [0.4, 0.5) is 10.1 Å². The highest BCUT2D eigenvalue weighted by Crippen LogP contribution is 2.40. The van der Waals surface area contributed by atoms with Crippen molar-refractivity contribution in [2.24, 2.45) is 0 Å². The maximum Gasteiger partial charge on any atom is 0.229 e. The number of nitrogens with one attached hydrogen (secondary N) is 1. The Labute approximate surface area is 213 Å². The van der Waals surface area contributed by atoms with Gasteiger partial charge in [-0.3, -0.25) is 4.79 Å². The molecule has 1 saturated carbocycles. The van der Waals surface area contributed by atoms with Crippen LogP contribution in [0.1, 0.15) is 30.9 Å². The number of benzene rings is 3. The van der Waals surface area contributed by atoms with Crippen molar-refractivity contribution in [1.29, 1.82) is 0 Å². The minimum Gasteiger partial charge on any atom is -0.497 e. The van der Waals surface area contributed by atoms with Gasteiger partial charge in [0.25, 0.3) is 0 Å². The normalized spacial score (nSPS) is 20.1. The molecule has 37 heavy (non-hydrogen) atoms. The number of aromatic nitrogens is 2. The number of sulfonamides is 1. The van der Waals surface area contributed by atoms with E-state index in [2.05, 4.69) is 9.82 Å². The van der Waals surface area contributed by atoms with Crippen molar-refractivity contribution in [1.82, 2.24) is 14.5 Å². The third-order valence-electron chi connectivity index (χ3n) is 6.94. The summed E-state index contributed by atoms with van der Waals surface area (Å²) in [4.78, 5) is 15.0. The van der Waals surface area contributed by atoms with E-state index in [1.54, 1.807) is 35.0 Å². The number of ether oxygens (including phenoxy) is 1. The first-order valence-corrected chi connectivity index (χ1v) is 13.6. The van der Waals surface area contributed by atoms with Gasteiger partial charge < -0.3 is 9.64 Å². The van der Waals surface area contributed by atoms with Crippen LogP contribution in [0.5, 0.6) is 5.75 Å². The van der Waals surface area contributed by atoms with E-state index in [1.807, 2.05) is 42.5 Å². The Morgan fingerprint density at radius 2 is 1.78 bits per heavy atom. The summed E-state index contributed by atoms with van der Waals surface area (Å²) in [6.07, 6.45) is 3.01. The number of rotatable bonds is 7. The fourth-order valence-corrected chi connectivity index (χ4v) is 6.58. The smallest absolute Gasteiger partial charge is 0.229 e. The molecule has 1 aliphatic heterocycles. The highest BCUT2D eigenvalue weighted by Gasteiger charge is 2.46. The second kappa shape index (κ2) is 8.97. The van der Waals surface area contributed by atoms with E-state index in [0.29, 0.717) is 30.0 Å². The molecule has 0 radical (unpaired) electrons. The van der Waals surface area contributed by atoms with Crippen LogP contribution < -0.4 is 14.4 Å². The second-order valence-electron chi connectivity index (χ2n) is 9.43. The van der Waals surface area contributed by atoms with E-state index in [1.165, 1.54) is 12.1 Å². The van der Waals surface area contributed by atoms with Crippen LogP contribution in [0.2, 0.25) is 0 Å². The van der Waals surface area contributed by atoms with Crippen molar-refractivity contribution in [3.8, 4) is 11.4 Å². The molecule has 2 atom stereocenters. The Morgan fingerprint density at radius 3 is 2.51 bits per heavy atom. The van der Waals surface area contributed by atoms with Crippen molar-refractivity contribution >= 4 is 32.5 Å². The molecule has 3 aromatic carbocycles. The third-order valence-corrected chi connectivity index (χ3v) is 8.92. The molecule has 6 rings (SSSR count). The maximum absolute atomic E-state index is 13.4. The van der Waals surface area contributed by atoms with Gasteiger partial charge in [0.05, 0.1) is 41.8 Å². The van der Waals surface area contributed by atoms with E-state index in [9.17, 15) is 17.6 Å². The van der Waals surface area contributed by atoms with Gasteiger partial charge in [-0.1, -0.05) is 12.1 Å². The van der Waals surface area contributed by atoms with Crippen LogP contribution >= 0.6 is 0 Å². The second-order valence-corrected chi connectivity index (χ2v) is 11.4. The number of carbonyl (C=O) groups is 1. The van der Waals surface area contributed by atoms with Crippen LogP contribution in [0.3, 0.4) is 0 Å². The number of amides is 1. The molecular weight excluding hydrogens is 495 g/mol. The zero-order valence-corrected chi connectivity index (χ0v) is 20.9. The van der Waals surface area contributed by atoms with Crippen LogP contribution in [0.15, 0.2) is 72.9 Å². The van der Waals surface area contributed by atoms with E-state index in [4.69, 9.17) is 4.74 Å². The number of anilines is 1. The Morgan fingerprint density at radius 1 is 1.03 bits per heavy atom. The van der Waals surface area contributed by atoms with Crippen molar-refractivity contribution in [3.05, 3.63) is 84.3 Å². The molecule has 1 aliphatic carbocycles. The molecule has 1 N–H and O–H groups in total. The lowest BCUT2D eigenvalue weighted by Gasteiger charge is -2.29. The van der Waals surface area contributed by atoms with Gasteiger partial charge in [-0.2, -0.15) is 5.10 Å². The summed E-state index contributed by atoms with van der Waals surface area (Å²) in [5.41, 5.74) is 2.92. The van der Waals surface area contributed by atoms with Crippen molar-refractivity contribution in [2.75, 3.05) is 12.0 Å². The minimum atomic E-state index is -3.52. The average molecular weight is 521 g/mol. The van der Waals surface area contributed by atoms with Gasteiger partial charge in [0.1, 0.15) is 11.6 Å². The van der Waals surface area contributed by atoms with Crippen molar-refractivity contribution in [2.45, 2.75) is 36.6 Å². The number of methoxy groups -OCH3 is 1. The topological polar surface area (TPSA) is 93.5 Å². The number of halogens is 1. The summed E-state index contributed by atoms with van der Waals surface area (Å²) < 4.78 is 49.0. The molecule has 2 aliphatic rings. The summed E-state index contributed by atoms with van der Waals surface area (Å²) in [7, 11) is -1.96. The minimum absolute atomic E-state index is 0.0424. The predicted octanol–water partition coefficient (Wildman–Crippen LogP) is 4.10. The summed E-state index contributed by atoms with van der Waals surface area (Å²) in [5, 5.41) is 4.85. The zero-order chi connectivity index (χ0) is 25.7. The molecule has 1 saturated heterocycles. The summed E-state index contributed by atoms with van der Waals surface area (Å²) in [6, 6.07) is 17.8. The first-order chi connectivity index (χ1) is 17.8.